The third-order valence-electron chi connectivity index (χ3n) is 17.5. The number of ketones is 2. The highest BCUT2D eigenvalue weighted by Gasteiger charge is 2.36. The van der Waals surface area contributed by atoms with E-state index in [1.165, 1.54) is 23.0 Å². The Hall–Kier alpha value is -16.7. The van der Waals surface area contributed by atoms with Crippen molar-refractivity contribution in [2.45, 2.75) is 85.2 Å². The van der Waals surface area contributed by atoms with Gasteiger partial charge in [-0.1, -0.05) is 98.6 Å². The number of Topliss-reactive ketones (excluding diaryl/α,β-unsaturated/α-hetero) is 2. The van der Waals surface area contributed by atoms with E-state index in [1.807, 2.05) is 47.9 Å². The highest BCUT2D eigenvalue weighted by molar-refractivity contribution is 7.07. The van der Waals surface area contributed by atoms with Gasteiger partial charge in [0.2, 0.25) is 11.7 Å². The molecular weight excluding hydrogens is 1530 g/mol. The minimum Gasteiger partial charge on any atom is -0.461 e. The Morgan fingerprint density at radius 2 is 1.38 bits per heavy atom. The fourth-order valence-electron chi connectivity index (χ4n) is 11.7. The Labute approximate surface area is 669 Å². The number of fused-ring (bicyclic) bond motifs is 14. The number of para-hydroxylation sites is 1. The Morgan fingerprint density at radius 1 is 0.695 bits per heavy atom. The van der Waals surface area contributed by atoms with E-state index in [0.29, 0.717) is 111 Å². The molecule has 1 amide bonds. The van der Waals surface area contributed by atoms with Crippen molar-refractivity contribution in [2.24, 2.45) is 51.4 Å². The molecule has 39 nitrogen and oxygen atoms in total. The number of imidazole rings is 1. The number of ether oxygens (including phenoxy) is 1. The van der Waals surface area contributed by atoms with E-state index in [2.05, 4.69) is 169 Å². The lowest BCUT2D eigenvalue weighted by atomic mass is 9.86. The molecule has 4 unspecified atom stereocenters. The Bertz CT molecular complexity index is 7120. The number of aromatic nitrogens is 19. The number of benzene rings is 5. The SMILES string of the molecule is CC(C)(C)C(=O)C(N=Nc1ccc2nnc3c(C#N)snc3c2c1)C(=O)Nc1ccccc1.Cc1nnc2c(N=Nc3ccc4nnc5c(C#N)cnn5c4c3)c(C(C)(C)C)[nH]n12.[C-]#[N+]C(C#N)N=Nc1ccc2nnc3ncc(C(=O)OCC)n3c2c1.[C-]#[N+]C(N=Nc1ccc2nnc3[n+](c2c1)=NC1C=CC=CC=31)C(=O)c1ccccn1. The van der Waals surface area contributed by atoms with Crippen LogP contribution in [0.5, 0.6) is 0 Å². The first kappa shape index (κ1) is 78.0. The van der Waals surface area contributed by atoms with E-state index in [9.17, 15) is 29.7 Å². The molecule has 0 radical (unpaired) electrons. The lowest BCUT2D eigenvalue weighted by Crippen LogP contribution is -2.40. The zero-order valence-corrected chi connectivity index (χ0v) is 64.2. The number of anilines is 1. The Morgan fingerprint density at radius 3 is 2.10 bits per heavy atom. The Balaban J connectivity index is 0.000000130. The number of nitriles is 3. The molecule has 10 aromatic heterocycles. The van der Waals surface area contributed by atoms with Gasteiger partial charge in [0.25, 0.3) is 17.5 Å². The van der Waals surface area contributed by atoms with Crippen LogP contribution in [-0.4, -0.2) is 143 Å². The van der Waals surface area contributed by atoms with Gasteiger partial charge in [-0.15, -0.1) is 61.2 Å². The van der Waals surface area contributed by atoms with Gasteiger partial charge in [0.05, 0.1) is 74.7 Å². The number of nitrogens with one attached hydrogen (secondary N) is 2. The normalized spacial score (nSPS) is 13.7. The summed E-state index contributed by atoms with van der Waals surface area (Å²) in [5.74, 6) is -0.959. The first-order valence-corrected chi connectivity index (χ1v) is 36.4. The standard InChI is InChI=1S/C23H19N7O2S.C21H13N8O.C19H17N11.C15H10N8O2/c1-23(2,3)21(31)20(22(32)25-13-7-5-4-6-8-13)29-26-14-9-10-16-15(11-14)18-19(28-27-16)17(12-24)33-30-18;1-22-20(19(30)17-8-4-5-11-23-17)26-24-13-9-10-16-18(12-13)29-21(27-25-16)14-6-2-3-7-15(14)28-29;1-10-22-27-18-15(16(19(2,3)4)28-29(10)18)25-23-12-5-6-13-14(7-12)30-17(26-24-13)11(8-20)9-21-30;1-3-25-14(24)12-8-18-15-22-20-10-5-4-9(6-11(10)23(12)15)19-21-13(7-16)17-2/h4-11,20H,1-3H3,(H,25,32);2-12,15,20H;5-7,9,28H,1-4H3;4-6,8,13H,3H2,1H3/q;+1;;. The summed E-state index contributed by atoms with van der Waals surface area (Å²) < 4.78 is 16.0. The summed E-state index contributed by atoms with van der Waals surface area (Å²) >= 11 is 1.05. The third-order valence-corrected chi connectivity index (χ3v) is 18.3. The summed E-state index contributed by atoms with van der Waals surface area (Å²) in [7, 11) is 0. The van der Waals surface area contributed by atoms with Crippen LogP contribution in [-0.2, 0) is 19.7 Å². The number of hydrogen-bond donors (Lipinski definition) is 2. The molecule has 4 atom stereocenters. The number of pyridine rings is 1. The quantitative estimate of drug-likeness (QED) is 0.0240. The Kier molecular flexibility index (Phi) is 22.0. The van der Waals surface area contributed by atoms with E-state index in [0.717, 1.165) is 34.1 Å². The fraction of sp³-hybridized carbons (Fsp3) is 0.192. The number of carbonyl (C=O) groups excluding carboxylic acids is 4. The zero-order chi connectivity index (χ0) is 82.9. The van der Waals surface area contributed by atoms with Crippen LogP contribution < -0.4 is 15.2 Å². The summed E-state index contributed by atoms with van der Waals surface area (Å²) in [6, 6.07) is 38.8. The highest BCUT2D eigenvalue weighted by atomic mass is 32.1. The van der Waals surface area contributed by atoms with E-state index in [4.69, 9.17) is 23.1 Å². The van der Waals surface area contributed by atoms with Crippen LogP contribution in [0.2, 0.25) is 0 Å². The van der Waals surface area contributed by atoms with Gasteiger partial charge >= 0.3 is 23.8 Å². The van der Waals surface area contributed by atoms with Crippen LogP contribution in [0.3, 0.4) is 0 Å². The van der Waals surface area contributed by atoms with Gasteiger partial charge in [0.1, 0.15) is 57.3 Å². The fourth-order valence-corrected chi connectivity index (χ4v) is 12.4. The number of hydrogen-bond acceptors (Lipinski definition) is 32. The number of azo groups is 4. The molecular formula is C78H59N34O5S+. The predicted molar refractivity (Wildman–Crippen MR) is 424 cm³/mol. The topological polar surface area (TPSA) is 496 Å². The maximum absolute atomic E-state index is 13.0. The largest absolute Gasteiger partial charge is 0.461 e. The summed E-state index contributed by atoms with van der Waals surface area (Å²) in [6.07, 6.45) is 9.69. The van der Waals surface area contributed by atoms with E-state index >= 15 is 0 Å². The first-order chi connectivity index (χ1) is 57.1. The summed E-state index contributed by atoms with van der Waals surface area (Å²) in [6.45, 7) is 29.4. The number of esters is 1. The molecule has 1 aliphatic heterocycles. The van der Waals surface area contributed by atoms with Crippen LogP contribution in [0, 0.1) is 59.5 Å². The van der Waals surface area contributed by atoms with Crippen molar-refractivity contribution in [1.29, 1.82) is 15.8 Å². The van der Waals surface area contributed by atoms with E-state index in [1.54, 1.807) is 152 Å². The molecule has 118 heavy (non-hydrogen) atoms. The second-order valence-electron chi connectivity index (χ2n) is 27.6. The number of rotatable bonds is 15. The average molecular weight is 1580 g/mol. The minimum atomic E-state index is -1.32. The van der Waals surface area contributed by atoms with Gasteiger partial charge in [-0.2, -0.15) is 40.6 Å². The van der Waals surface area contributed by atoms with E-state index < -0.39 is 41.4 Å². The van der Waals surface area contributed by atoms with Crippen molar-refractivity contribution in [3.63, 3.8) is 0 Å². The number of aryl methyl sites for hydroxylation is 1. The van der Waals surface area contributed by atoms with Gasteiger partial charge in [0.15, 0.2) is 44.8 Å². The van der Waals surface area contributed by atoms with Gasteiger partial charge in [-0.25, -0.2) is 32.0 Å². The predicted octanol–water partition coefficient (Wildman–Crippen LogP) is 12.9. The molecule has 11 heterocycles. The van der Waals surface area contributed by atoms with Crippen molar-refractivity contribution in [1.82, 2.24) is 89.0 Å². The molecule has 15 aromatic rings. The minimum absolute atomic E-state index is 0.0947. The number of H-pyrrole nitrogens is 1. The molecule has 0 bridgehead atoms. The molecule has 0 saturated heterocycles. The van der Waals surface area contributed by atoms with Crippen LogP contribution in [0.15, 0.2) is 210 Å². The lowest BCUT2D eigenvalue weighted by Gasteiger charge is -2.20. The van der Waals surface area contributed by atoms with Crippen molar-refractivity contribution < 1.29 is 28.3 Å². The van der Waals surface area contributed by atoms with Crippen molar-refractivity contribution in [3.05, 3.63) is 226 Å². The molecule has 0 spiro atoms. The number of allylic oxidation sites excluding steroid dienone is 2. The average Bonchev–Trinajstić information content (AvgIpc) is 1.60. The maximum atomic E-state index is 13.0. The van der Waals surface area contributed by atoms with Crippen LogP contribution in [0.4, 0.5) is 34.1 Å². The number of amides is 1. The van der Waals surface area contributed by atoms with Crippen molar-refractivity contribution in [2.75, 3.05) is 11.9 Å². The maximum Gasteiger partial charge on any atom is 0.418 e. The molecule has 0 saturated carbocycles. The van der Waals surface area contributed by atoms with Gasteiger partial charge < -0.3 is 10.1 Å². The summed E-state index contributed by atoms with van der Waals surface area (Å²) in [5.41, 5.74) is 11.8. The molecule has 17 rings (SSSR count). The number of carbonyl (C=O) groups is 4. The summed E-state index contributed by atoms with van der Waals surface area (Å²) in [4.78, 5) is 65.1. The second-order valence-corrected chi connectivity index (χ2v) is 28.3. The molecule has 40 heteroatoms. The highest BCUT2D eigenvalue weighted by Crippen LogP contribution is 2.36. The molecule has 5 aromatic carbocycles. The van der Waals surface area contributed by atoms with Crippen molar-refractivity contribution >= 4 is 147 Å². The first-order valence-electron chi connectivity index (χ1n) is 35.6. The third kappa shape index (κ3) is 16.2. The van der Waals surface area contributed by atoms with Crippen LogP contribution in [0.25, 0.3) is 87.4 Å². The zero-order valence-electron chi connectivity index (χ0n) is 63.4. The molecule has 1 aliphatic carbocycles. The van der Waals surface area contributed by atoms with Crippen LogP contribution in [0.1, 0.15) is 91.4 Å². The lowest BCUT2D eigenvalue weighted by molar-refractivity contribution is -0.535. The molecule has 2 N–H and O–H groups in total. The molecule has 576 valence electrons. The number of aromatic amines is 1. The smallest absolute Gasteiger partial charge is 0.418 e. The van der Waals surface area contributed by atoms with Crippen LogP contribution >= 0.6 is 11.5 Å². The summed E-state index contributed by atoms with van der Waals surface area (Å²) in [5, 5.41) is 117. The van der Waals surface area contributed by atoms with E-state index in [-0.39, 0.29) is 41.0 Å². The van der Waals surface area contributed by atoms with Gasteiger partial charge in [-0.05, 0) is 128 Å². The van der Waals surface area contributed by atoms with Crippen molar-refractivity contribution in [3.8, 4) is 18.2 Å². The number of nitrogens with zero attached hydrogens (tertiary/aromatic N) is 32. The molecule has 2 aliphatic rings. The molecule has 0 fully saturated rings. The van der Waals surface area contributed by atoms with Gasteiger partial charge in [0, 0.05) is 34.2 Å². The van der Waals surface area contributed by atoms with Gasteiger partial charge in [-0.3, -0.25) is 38.6 Å². The second kappa shape index (κ2) is 33.3. The monoisotopic (exact) mass is 1580 g/mol.